The number of nitro groups is 1. The molecule has 0 spiro atoms. The largest absolute Gasteiger partial charge is 0.346 e. The van der Waals surface area contributed by atoms with E-state index in [0.29, 0.717) is 16.5 Å². The molecular weight excluding hydrogens is 348 g/mol. The number of carbonyl (C=O) groups is 1. The van der Waals surface area contributed by atoms with Crippen LogP contribution in [0.1, 0.15) is 16.1 Å². The summed E-state index contributed by atoms with van der Waals surface area (Å²) in [5, 5.41) is 20.9. The lowest BCUT2D eigenvalue weighted by atomic mass is 10.1. The Bertz CT molecular complexity index is 1050. The molecule has 1 amide bonds. The third-order valence-corrected chi connectivity index (χ3v) is 3.92. The summed E-state index contributed by atoms with van der Waals surface area (Å²) in [6, 6.07) is 10.7. The lowest BCUT2D eigenvalue weighted by Gasteiger charge is -2.07. The van der Waals surface area contributed by atoms with E-state index in [1.807, 2.05) is 0 Å². The molecule has 0 unspecified atom stereocenters. The minimum atomic E-state index is -0.657. The van der Waals surface area contributed by atoms with Crippen LogP contribution in [0.4, 0.5) is 5.69 Å². The molecule has 2 N–H and O–H groups in total. The van der Waals surface area contributed by atoms with Crippen LogP contribution in [0.15, 0.2) is 47.3 Å². The fourth-order valence-electron chi connectivity index (χ4n) is 2.37. The minimum absolute atomic E-state index is 0.0464. The standard InChI is InChI=1S/C16H11ClN4O4/c17-12-6-5-9(7-14(12)21(24)25)15(22)18-8-13-10-3-1-2-4-11(10)16(23)20-19-13/h1-7H,8H2,(H,18,22)(H,20,23). The second-order valence-electron chi connectivity index (χ2n) is 5.15. The van der Waals surface area contributed by atoms with Gasteiger partial charge in [-0.2, -0.15) is 5.10 Å². The van der Waals surface area contributed by atoms with E-state index in [-0.39, 0.29) is 28.4 Å². The second-order valence-corrected chi connectivity index (χ2v) is 5.56. The molecule has 0 fully saturated rings. The Morgan fingerprint density at radius 1 is 1.24 bits per heavy atom. The van der Waals surface area contributed by atoms with E-state index >= 15 is 0 Å². The molecular formula is C16H11ClN4O4. The first-order chi connectivity index (χ1) is 12.0. The van der Waals surface area contributed by atoms with Crippen molar-refractivity contribution >= 4 is 34.0 Å². The number of halogens is 1. The maximum atomic E-state index is 12.2. The lowest BCUT2D eigenvalue weighted by Crippen LogP contribution is -2.24. The van der Waals surface area contributed by atoms with Crippen LogP contribution in [0.5, 0.6) is 0 Å². The zero-order chi connectivity index (χ0) is 18.0. The Morgan fingerprint density at radius 3 is 2.68 bits per heavy atom. The molecule has 0 radical (unpaired) electrons. The van der Waals surface area contributed by atoms with E-state index in [0.717, 1.165) is 6.07 Å². The molecule has 0 atom stereocenters. The number of amides is 1. The molecule has 1 heterocycles. The third kappa shape index (κ3) is 3.33. The van der Waals surface area contributed by atoms with Crippen LogP contribution >= 0.6 is 11.6 Å². The van der Waals surface area contributed by atoms with Crippen molar-refractivity contribution in [2.24, 2.45) is 0 Å². The van der Waals surface area contributed by atoms with E-state index in [9.17, 15) is 19.7 Å². The highest BCUT2D eigenvalue weighted by molar-refractivity contribution is 6.32. The van der Waals surface area contributed by atoms with Gasteiger partial charge in [0, 0.05) is 17.0 Å². The van der Waals surface area contributed by atoms with Crippen molar-refractivity contribution in [3.8, 4) is 0 Å². The highest BCUT2D eigenvalue weighted by Crippen LogP contribution is 2.25. The Labute approximate surface area is 145 Å². The van der Waals surface area contributed by atoms with Gasteiger partial charge in [-0.15, -0.1) is 0 Å². The van der Waals surface area contributed by atoms with Gasteiger partial charge in [0.1, 0.15) is 5.02 Å². The molecule has 0 aliphatic rings. The molecule has 25 heavy (non-hydrogen) atoms. The molecule has 9 heteroatoms. The number of H-pyrrole nitrogens is 1. The zero-order valence-electron chi connectivity index (χ0n) is 12.7. The first-order valence-corrected chi connectivity index (χ1v) is 7.53. The summed E-state index contributed by atoms with van der Waals surface area (Å²) in [5.41, 5.74) is -0.0854. The fourth-order valence-corrected chi connectivity index (χ4v) is 2.55. The molecule has 0 saturated heterocycles. The summed E-state index contributed by atoms with van der Waals surface area (Å²) in [7, 11) is 0. The average molecular weight is 359 g/mol. The molecule has 0 aliphatic carbocycles. The number of hydrogen-bond donors (Lipinski definition) is 2. The van der Waals surface area contributed by atoms with E-state index in [4.69, 9.17) is 11.6 Å². The molecule has 3 aromatic rings. The van der Waals surface area contributed by atoms with Crippen molar-refractivity contribution < 1.29 is 9.72 Å². The Hall–Kier alpha value is -3.26. The molecule has 0 bridgehead atoms. The Morgan fingerprint density at radius 2 is 1.96 bits per heavy atom. The van der Waals surface area contributed by atoms with Crippen molar-refractivity contribution in [1.29, 1.82) is 0 Å². The average Bonchev–Trinajstić information content (AvgIpc) is 2.61. The second kappa shape index (κ2) is 6.70. The summed E-state index contributed by atoms with van der Waals surface area (Å²) in [4.78, 5) is 34.2. The van der Waals surface area contributed by atoms with Crippen LogP contribution < -0.4 is 10.9 Å². The van der Waals surface area contributed by atoms with Crippen LogP contribution in [0.3, 0.4) is 0 Å². The molecule has 1 aromatic heterocycles. The number of nitrogens with zero attached hydrogens (tertiary/aromatic N) is 2. The van der Waals surface area contributed by atoms with Gasteiger partial charge in [0.05, 0.1) is 22.5 Å². The van der Waals surface area contributed by atoms with Crippen LogP contribution in [0.25, 0.3) is 10.8 Å². The Balaban J connectivity index is 1.84. The summed E-state index contributed by atoms with van der Waals surface area (Å²) in [6.07, 6.45) is 0. The molecule has 2 aromatic carbocycles. The predicted molar refractivity (Wildman–Crippen MR) is 91.6 cm³/mol. The van der Waals surface area contributed by atoms with E-state index < -0.39 is 10.8 Å². The maximum absolute atomic E-state index is 12.2. The summed E-state index contributed by atoms with van der Waals surface area (Å²) in [5.74, 6) is -0.517. The SMILES string of the molecule is O=C(NCc1n[nH]c(=O)c2ccccc12)c1ccc(Cl)c([N+](=O)[O-])c1. The number of nitro benzene ring substituents is 1. The Kier molecular flexibility index (Phi) is 4.44. The molecule has 126 valence electrons. The van der Waals surface area contributed by atoms with Crippen molar-refractivity contribution in [3.05, 3.63) is 79.2 Å². The van der Waals surface area contributed by atoms with Crippen LogP contribution in [-0.4, -0.2) is 21.0 Å². The van der Waals surface area contributed by atoms with Gasteiger partial charge >= 0.3 is 0 Å². The van der Waals surface area contributed by atoms with Crippen molar-refractivity contribution in [1.82, 2.24) is 15.5 Å². The van der Waals surface area contributed by atoms with E-state index in [1.54, 1.807) is 24.3 Å². The molecule has 0 saturated carbocycles. The molecule has 8 nitrogen and oxygen atoms in total. The van der Waals surface area contributed by atoms with Crippen LogP contribution in [0.2, 0.25) is 5.02 Å². The number of fused-ring (bicyclic) bond motifs is 1. The highest BCUT2D eigenvalue weighted by atomic mass is 35.5. The first kappa shape index (κ1) is 16.6. The molecule has 0 aliphatic heterocycles. The monoisotopic (exact) mass is 358 g/mol. The van der Waals surface area contributed by atoms with Gasteiger partial charge in [0.2, 0.25) is 0 Å². The van der Waals surface area contributed by atoms with Gasteiger partial charge < -0.3 is 5.32 Å². The van der Waals surface area contributed by atoms with Crippen molar-refractivity contribution in [2.45, 2.75) is 6.54 Å². The van der Waals surface area contributed by atoms with Crippen molar-refractivity contribution in [3.63, 3.8) is 0 Å². The number of aromatic amines is 1. The fraction of sp³-hybridized carbons (Fsp3) is 0.0625. The first-order valence-electron chi connectivity index (χ1n) is 7.16. The number of rotatable bonds is 4. The normalized spacial score (nSPS) is 10.6. The zero-order valence-corrected chi connectivity index (χ0v) is 13.4. The van der Waals surface area contributed by atoms with E-state index in [1.165, 1.54) is 12.1 Å². The number of hydrogen-bond acceptors (Lipinski definition) is 5. The van der Waals surface area contributed by atoms with Crippen LogP contribution in [0, 0.1) is 10.1 Å². The van der Waals surface area contributed by atoms with Gasteiger partial charge in [0.25, 0.3) is 17.2 Å². The summed E-state index contributed by atoms with van der Waals surface area (Å²) >= 11 is 5.73. The predicted octanol–water partition coefficient (Wildman–Crippen LogP) is 2.41. The van der Waals surface area contributed by atoms with Crippen LogP contribution in [-0.2, 0) is 6.54 Å². The quantitative estimate of drug-likeness (QED) is 0.548. The van der Waals surface area contributed by atoms with Crippen molar-refractivity contribution in [2.75, 3.05) is 0 Å². The van der Waals surface area contributed by atoms with Gasteiger partial charge in [-0.25, -0.2) is 5.10 Å². The summed E-state index contributed by atoms with van der Waals surface area (Å²) in [6.45, 7) is 0.0482. The smallest absolute Gasteiger partial charge is 0.288 e. The molecule has 3 rings (SSSR count). The lowest BCUT2D eigenvalue weighted by molar-refractivity contribution is -0.384. The van der Waals surface area contributed by atoms with Gasteiger partial charge in [-0.1, -0.05) is 29.8 Å². The third-order valence-electron chi connectivity index (χ3n) is 3.60. The highest BCUT2D eigenvalue weighted by Gasteiger charge is 2.16. The van der Waals surface area contributed by atoms with Gasteiger partial charge in [-0.3, -0.25) is 19.7 Å². The number of carbonyl (C=O) groups excluding carboxylic acids is 1. The number of benzene rings is 2. The topological polar surface area (TPSA) is 118 Å². The number of aromatic nitrogens is 2. The summed E-state index contributed by atoms with van der Waals surface area (Å²) < 4.78 is 0. The van der Waals surface area contributed by atoms with Gasteiger partial charge in [0.15, 0.2) is 0 Å². The maximum Gasteiger partial charge on any atom is 0.288 e. The van der Waals surface area contributed by atoms with Gasteiger partial charge in [-0.05, 0) is 18.2 Å². The van der Waals surface area contributed by atoms with E-state index in [2.05, 4.69) is 15.5 Å². The minimum Gasteiger partial charge on any atom is -0.346 e. The number of nitrogens with one attached hydrogen (secondary N) is 2.